The van der Waals surface area contributed by atoms with E-state index in [4.69, 9.17) is 22.4 Å². The molecule has 0 aliphatic heterocycles. The number of aromatic hydroxyl groups is 1. The van der Waals surface area contributed by atoms with Gasteiger partial charge in [0.1, 0.15) is 0 Å². The molecule has 0 unspecified atom stereocenters. The maximum atomic E-state index is 12.9. The van der Waals surface area contributed by atoms with E-state index >= 15 is 0 Å². The monoisotopic (exact) mass is 215 g/mol. The molecule has 3 N–H and O–H groups in total. The average molecular weight is 216 g/mol. The Morgan fingerprint density at radius 1 is 1.57 bits per heavy atom. The number of amides is 1. The summed E-state index contributed by atoms with van der Waals surface area (Å²) >= 11 is 5.49. The van der Waals surface area contributed by atoms with Gasteiger partial charge in [0.2, 0.25) is 5.91 Å². The topological polar surface area (TPSA) is 63.3 Å². The number of hydrogen-bond donors (Lipinski definition) is 2. The van der Waals surface area contributed by atoms with Crippen LogP contribution in [0.1, 0.15) is 5.56 Å². The van der Waals surface area contributed by atoms with Crippen molar-refractivity contribution >= 4 is 23.6 Å². The van der Waals surface area contributed by atoms with E-state index in [-0.39, 0.29) is 5.02 Å². The highest BCUT2D eigenvalue weighted by Gasteiger charge is 2.06. The Bertz CT molecular complexity index is 381. The number of hydrogen-bond acceptors (Lipinski definition) is 2. The van der Waals surface area contributed by atoms with E-state index in [1.165, 1.54) is 12.1 Å². The lowest BCUT2D eigenvalue weighted by molar-refractivity contribution is -0.113. The van der Waals surface area contributed by atoms with Gasteiger partial charge in [0.15, 0.2) is 11.6 Å². The van der Waals surface area contributed by atoms with Crippen LogP contribution in [0.3, 0.4) is 0 Å². The number of carbonyl (C=O) groups excluding carboxylic acids is 1. The minimum atomic E-state index is -0.846. The highest BCUT2D eigenvalue weighted by Crippen LogP contribution is 2.27. The van der Waals surface area contributed by atoms with E-state index < -0.39 is 17.5 Å². The lowest BCUT2D eigenvalue weighted by Crippen LogP contribution is -2.05. The molecule has 0 heterocycles. The van der Waals surface area contributed by atoms with Gasteiger partial charge in [-0.3, -0.25) is 4.79 Å². The number of primary amides is 1. The van der Waals surface area contributed by atoms with Crippen molar-refractivity contribution in [3.05, 3.63) is 34.6 Å². The average Bonchev–Trinajstić information content (AvgIpc) is 2.10. The third-order valence-corrected chi connectivity index (χ3v) is 1.77. The van der Waals surface area contributed by atoms with Gasteiger partial charge in [0.25, 0.3) is 0 Å². The Kier molecular flexibility index (Phi) is 3.09. The number of benzene rings is 1. The van der Waals surface area contributed by atoms with Gasteiger partial charge in [-0.2, -0.15) is 0 Å². The lowest BCUT2D eigenvalue weighted by atomic mass is 10.2. The van der Waals surface area contributed by atoms with Crippen molar-refractivity contribution in [3.63, 3.8) is 0 Å². The number of phenols is 1. The van der Waals surface area contributed by atoms with Gasteiger partial charge in [-0.1, -0.05) is 11.6 Å². The first-order valence-electron chi connectivity index (χ1n) is 3.66. The Morgan fingerprint density at radius 3 is 2.71 bits per heavy atom. The molecule has 0 spiro atoms. The molecule has 0 bridgehead atoms. The Morgan fingerprint density at radius 2 is 2.21 bits per heavy atom. The number of nitrogens with two attached hydrogens (primary N) is 1. The van der Waals surface area contributed by atoms with Gasteiger partial charge in [-0.15, -0.1) is 0 Å². The number of phenolic OH excluding ortho intramolecular Hbond substituents is 1. The molecule has 0 saturated heterocycles. The largest absolute Gasteiger partial charge is 0.504 e. The summed E-state index contributed by atoms with van der Waals surface area (Å²) < 4.78 is 12.9. The second-order valence-electron chi connectivity index (χ2n) is 2.57. The van der Waals surface area contributed by atoms with Crippen molar-refractivity contribution in [2.45, 2.75) is 0 Å². The molecule has 14 heavy (non-hydrogen) atoms. The fourth-order valence-corrected chi connectivity index (χ4v) is 1.08. The molecule has 1 aromatic carbocycles. The van der Waals surface area contributed by atoms with Crippen LogP contribution in [0.4, 0.5) is 4.39 Å². The van der Waals surface area contributed by atoms with E-state index in [1.54, 1.807) is 0 Å². The van der Waals surface area contributed by atoms with Gasteiger partial charge >= 0.3 is 0 Å². The van der Waals surface area contributed by atoms with Crippen molar-refractivity contribution < 1.29 is 14.3 Å². The van der Waals surface area contributed by atoms with Gasteiger partial charge in [0, 0.05) is 6.08 Å². The summed E-state index contributed by atoms with van der Waals surface area (Å²) in [5.41, 5.74) is 5.20. The SMILES string of the molecule is NC(=O)/C=C\c1cc(F)c(O)c(Cl)c1. The van der Waals surface area contributed by atoms with E-state index in [2.05, 4.69) is 0 Å². The third-order valence-electron chi connectivity index (χ3n) is 1.48. The number of halogens is 2. The Labute approximate surface area is 84.6 Å². The molecule has 0 atom stereocenters. The van der Waals surface area contributed by atoms with Gasteiger partial charge in [0.05, 0.1) is 5.02 Å². The van der Waals surface area contributed by atoms with Crippen LogP contribution in [-0.2, 0) is 4.79 Å². The summed E-state index contributed by atoms with van der Waals surface area (Å²) in [7, 11) is 0. The standard InChI is InChI=1S/C9H7ClFNO2/c10-6-3-5(1-2-8(12)13)4-7(11)9(6)14/h1-4,14H,(H2,12,13)/b2-1-. The molecular formula is C9H7ClFNO2. The Balaban J connectivity index is 3.07. The first kappa shape index (κ1) is 10.5. The molecule has 1 aromatic rings. The zero-order valence-electron chi connectivity index (χ0n) is 7.00. The molecule has 1 rings (SSSR count). The molecule has 5 heteroatoms. The maximum absolute atomic E-state index is 12.9. The summed E-state index contributed by atoms with van der Waals surface area (Å²) in [4.78, 5) is 10.4. The van der Waals surface area contributed by atoms with E-state index in [0.29, 0.717) is 5.56 Å². The van der Waals surface area contributed by atoms with Crippen LogP contribution in [0.15, 0.2) is 18.2 Å². The summed E-state index contributed by atoms with van der Waals surface area (Å²) in [5.74, 6) is -2.10. The van der Waals surface area contributed by atoms with Crippen LogP contribution in [-0.4, -0.2) is 11.0 Å². The molecule has 0 radical (unpaired) electrons. The molecule has 0 aromatic heterocycles. The van der Waals surface area contributed by atoms with E-state index in [1.807, 2.05) is 0 Å². The number of carbonyl (C=O) groups is 1. The van der Waals surface area contributed by atoms with Crippen LogP contribution >= 0.6 is 11.6 Å². The quantitative estimate of drug-likeness (QED) is 0.738. The zero-order valence-corrected chi connectivity index (χ0v) is 7.75. The summed E-state index contributed by atoms with van der Waals surface area (Å²) in [6.45, 7) is 0. The van der Waals surface area contributed by atoms with Crippen molar-refractivity contribution in [2.24, 2.45) is 5.73 Å². The minimum Gasteiger partial charge on any atom is -0.504 e. The molecule has 74 valence electrons. The smallest absolute Gasteiger partial charge is 0.241 e. The van der Waals surface area contributed by atoms with Crippen LogP contribution in [0.25, 0.3) is 6.08 Å². The molecule has 0 saturated carbocycles. The molecule has 1 amide bonds. The van der Waals surface area contributed by atoms with Crippen molar-refractivity contribution in [2.75, 3.05) is 0 Å². The second-order valence-corrected chi connectivity index (χ2v) is 2.98. The van der Waals surface area contributed by atoms with E-state index in [0.717, 1.165) is 12.1 Å². The van der Waals surface area contributed by atoms with Crippen molar-refractivity contribution in [1.82, 2.24) is 0 Å². The molecule has 0 aliphatic rings. The van der Waals surface area contributed by atoms with Crippen molar-refractivity contribution in [1.29, 1.82) is 0 Å². The first-order valence-corrected chi connectivity index (χ1v) is 4.04. The van der Waals surface area contributed by atoms with Crippen LogP contribution < -0.4 is 5.73 Å². The van der Waals surface area contributed by atoms with Gasteiger partial charge in [-0.05, 0) is 23.8 Å². The predicted octanol–water partition coefficient (Wildman–Crippen LogP) is 1.68. The fraction of sp³-hybridized carbons (Fsp3) is 0. The normalized spacial score (nSPS) is 10.7. The summed E-state index contributed by atoms with van der Waals surface area (Å²) in [6.07, 6.45) is 2.37. The predicted molar refractivity (Wildman–Crippen MR) is 51.3 cm³/mol. The fourth-order valence-electron chi connectivity index (χ4n) is 0.860. The zero-order chi connectivity index (χ0) is 10.7. The van der Waals surface area contributed by atoms with Crippen LogP contribution in [0.2, 0.25) is 5.02 Å². The maximum Gasteiger partial charge on any atom is 0.241 e. The van der Waals surface area contributed by atoms with Gasteiger partial charge in [-0.25, -0.2) is 4.39 Å². The second kappa shape index (κ2) is 4.11. The number of rotatable bonds is 2. The minimum absolute atomic E-state index is 0.117. The van der Waals surface area contributed by atoms with Crippen LogP contribution in [0, 0.1) is 5.82 Å². The van der Waals surface area contributed by atoms with Crippen molar-refractivity contribution in [3.8, 4) is 5.75 Å². The highest BCUT2D eigenvalue weighted by atomic mass is 35.5. The molecule has 0 fully saturated rings. The lowest BCUT2D eigenvalue weighted by Gasteiger charge is -1.99. The first-order chi connectivity index (χ1) is 6.50. The summed E-state index contributed by atoms with van der Waals surface area (Å²) in [6, 6.07) is 2.36. The van der Waals surface area contributed by atoms with Crippen LogP contribution in [0.5, 0.6) is 5.75 Å². The Hall–Kier alpha value is -1.55. The molecule has 3 nitrogen and oxygen atoms in total. The third kappa shape index (κ3) is 2.47. The molecule has 0 aliphatic carbocycles. The molecular weight excluding hydrogens is 209 g/mol. The highest BCUT2D eigenvalue weighted by molar-refractivity contribution is 6.32. The van der Waals surface area contributed by atoms with E-state index in [9.17, 15) is 9.18 Å². The van der Waals surface area contributed by atoms with Gasteiger partial charge < -0.3 is 10.8 Å². The summed E-state index contributed by atoms with van der Waals surface area (Å²) in [5, 5.41) is 8.87.